The highest BCUT2D eigenvalue weighted by molar-refractivity contribution is 7.10. The van der Waals surface area contributed by atoms with E-state index in [4.69, 9.17) is 9.47 Å². The van der Waals surface area contributed by atoms with Crippen LogP contribution in [0, 0.1) is 0 Å². The van der Waals surface area contributed by atoms with Crippen LogP contribution in [0.15, 0.2) is 47.9 Å². The summed E-state index contributed by atoms with van der Waals surface area (Å²) in [6.45, 7) is 2.46. The Balaban J connectivity index is 1.42. The number of hydrogen-bond donors (Lipinski definition) is 0. The third-order valence-corrected chi connectivity index (χ3v) is 5.17. The van der Waals surface area contributed by atoms with Gasteiger partial charge in [-0.3, -0.25) is 4.79 Å². The Morgan fingerprint density at radius 3 is 2.48 bits per heavy atom. The highest BCUT2D eigenvalue weighted by Gasteiger charge is 2.22. The maximum Gasteiger partial charge on any atom is 0.331 e. The average Bonchev–Trinajstić information content (AvgIpc) is 3.24. The summed E-state index contributed by atoms with van der Waals surface area (Å²) in [5.74, 6) is 0.151. The van der Waals surface area contributed by atoms with Crippen LogP contribution >= 0.6 is 11.3 Å². The summed E-state index contributed by atoms with van der Waals surface area (Å²) in [6, 6.07) is 11.7. The lowest BCUT2D eigenvalue weighted by Crippen LogP contribution is -2.49. The Bertz CT molecular complexity index is 779. The molecule has 27 heavy (non-hydrogen) atoms. The predicted octanol–water partition coefficient (Wildman–Crippen LogP) is 2.66. The predicted molar refractivity (Wildman–Crippen MR) is 106 cm³/mol. The minimum absolute atomic E-state index is 0.165. The molecule has 0 saturated carbocycles. The number of benzene rings is 1. The van der Waals surface area contributed by atoms with Gasteiger partial charge in [0.1, 0.15) is 5.75 Å². The van der Waals surface area contributed by atoms with Crippen molar-refractivity contribution in [3.05, 3.63) is 52.7 Å². The van der Waals surface area contributed by atoms with Gasteiger partial charge < -0.3 is 19.3 Å². The van der Waals surface area contributed by atoms with Gasteiger partial charge in [-0.2, -0.15) is 0 Å². The molecule has 0 bridgehead atoms. The molecule has 1 aromatic heterocycles. The summed E-state index contributed by atoms with van der Waals surface area (Å²) in [5, 5.41) is 1.93. The van der Waals surface area contributed by atoms with Crippen LogP contribution in [0.3, 0.4) is 0 Å². The molecule has 0 aliphatic carbocycles. The van der Waals surface area contributed by atoms with Gasteiger partial charge in [-0.25, -0.2) is 4.79 Å². The molecule has 0 spiro atoms. The molecule has 7 heteroatoms. The normalized spacial score (nSPS) is 14.4. The average molecular weight is 386 g/mol. The molecular formula is C20H22N2O4S. The van der Waals surface area contributed by atoms with Gasteiger partial charge >= 0.3 is 5.97 Å². The van der Waals surface area contributed by atoms with Gasteiger partial charge in [0.05, 0.1) is 7.11 Å². The number of hydrogen-bond acceptors (Lipinski definition) is 6. The number of nitrogens with zero attached hydrogens (tertiary/aromatic N) is 2. The van der Waals surface area contributed by atoms with Crippen LogP contribution in [-0.2, 0) is 14.3 Å². The molecule has 6 nitrogen and oxygen atoms in total. The maximum atomic E-state index is 12.3. The number of piperazine rings is 1. The van der Waals surface area contributed by atoms with Crippen molar-refractivity contribution in [3.63, 3.8) is 0 Å². The summed E-state index contributed by atoms with van der Waals surface area (Å²) >= 11 is 1.53. The fraction of sp³-hybridized carbons (Fsp3) is 0.300. The van der Waals surface area contributed by atoms with Crippen molar-refractivity contribution in [2.45, 2.75) is 0 Å². The molecule has 2 aromatic rings. The molecule has 0 unspecified atom stereocenters. The van der Waals surface area contributed by atoms with E-state index in [0.717, 1.165) is 29.4 Å². The largest absolute Gasteiger partial charge is 0.497 e. The van der Waals surface area contributed by atoms with E-state index >= 15 is 0 Å². The summed E-state index contributed by atoms with van der Waals surface area (Å²) in [7, 11) is 1.64. The van der Waals surface area contributed by atoms with Crippen molar-refractivity contribution in [1.29, 1.82) is 0 Å². The molecule has 2 heterocycles. The van der Waals surface area contributed by atoms with Crippen LogP contribution in [0.5, 0.6) is 5.75 Å². The van der Waals surface area contributed by atoms with Crippen LogP contribution in [0.2, 0.25) is 0 Å². The zero-order chi connectivity index (χ0) is 19.1. The van der Waals surface area contributed by atoms with Gasteiger partial charge in [-0.15, -0.1) is 11.3 Å². The number of rotatable bonds is 6. The third kappa shape index (κ3) is 5.34. The Morgan fingerprint density at radius 2 is 1.85 bits per heavy atom. The van der Waals surface area contributed by atoms with E-state index in [0.29, 0.717) is 13.1 Å². The molecule has 1 amide bonds. The quantitative estimate of drug-likeness (QED) is 0.564. The van der Waals surface area contributed by atoms with Gasteiger partial charge in [0, 0.05) is 42.8 Å². The Hall–Kier alpha value is -2.80. The molecule has 1 saturated heterocycles. The maximum absolute atomic E-state index is 12.3. The second-order valence-electron chi connectivity index (χ2n) is 6.02. The van der Waals surface area contributed by atoms with Gasteiger partial charge in [0.25, 0.3) is 5.91 Å². The van der Waals surface area contributed by atoms with E-state index in [1.807, 2.05) is 41.8 Å². The molecular weight excluding hydrogens is 364 g/mol. The van der Waals surface area contributed by atoms with Crippen molar-refractivity contribution in [1.82, 2.24) is 4.90 Å². The monoisotopic (exact) mass is 386 g/mol. The van der Waals surface area contributed by atoms with Gasteiger partial charge in [0.2, 0.25) is 0 Å². The highest BCUT2D eigenvalue weighted by Crippen LogP contribution is 2.20. The Kier molecular flexibility index (Phi) is 6.49. The van der Waals surface area contributed by atoms with E-state index in [2.05, 4.69) is 4.90 Å². The van der Waals surface area contributed by atoms with E-state index in [-0.39, 0.29) is 12.5 Å². The summed E-state index contributed by atoms with van der Waals surface area (Å²) in [4.78, 5) is 28.9. The first-order valence-electron chi connectivity index (χ1n) is 8.71. The summed E-state index contributed by atoms with van der Waals surface area (Å²) in [6.07, 6.45) is 3.03. The van der Waals surface area contributed by atoms with Gasteiger partial charge in [-0.1, -0.05) is 6.07 Å². The van der Waals surface area contributed by atoms with E-state index in [1.54, 1.807) is 18.1 Å². The molecule has 0 atom stereocenters. The van der Waals surface area contributed by atoms with Gasteiger partial charge in [0.15, 0.2) is 6.61 Å². The van der Waals surface area contributed by atoms with E-state index in [1.165, 1.54) is 17.4 Å². The number of carbonyl (C=O) groups is 2. The second kappa shape index (κ2) is 9.23. The first-order valence-corrected chi connectivity index (χ1v) is 9.59. The van der Waals surface area contributed by atoms with Crippen molar-refractivity contribution < 1.29 is 19.1 Å². The smallest absolute Gasteiger partial charge is 0.331 e. The minimum Gasteiger partial charge on any atom is -0.497 e. The van der Waals surface area contributed by atoms with Crippen LogP contribution < -0.4 is 9.64 Å². The molecule has 0 radical (unpaired) electrons. The van der Waals surface area contributed by atoms with E-state index < -0.39 is 5.97 Å². The highest BCUT2D eigenvalue weighted by atomic mass is 32.1. The lowest BCUT2D eigenvalue weighted by Gasteiger charge is -2.36. The van der Waals surface area contributed by atoms with Crippen LogP contribution in [0.1, 0.15) is 4.88 Å². The first kappa shape index (κ1) is 19.0. The second-order valence-corrected chi connectivity index (χ2v) is 7.00. The molecule has 1 fully saturated rings. The Morgan fingerprint density at radius 1 is 1.11 bits per heavy atom. The molecule has 1 aromatic carbocycles. The lowest BCUT2D eigenvalue weighted by molar-refractivity contribution is -0.148. The van der Waals surface area contributed by atoms with Crippen LogP contribution in [0.25, 0.3) is 6.08 Å². The third-order valence-electron chi connectivity index (χ3n) is 4.33. The number of thiophene rings is 1. The molecule has 0 N–H and O–H groups in total. The van der Waals surface area contributed by atoms with Crippen molar-refractivity contribution >= 4 is 35.0 Å². The lowest BCUT2D eigenvalue weighted by atomic mass is 10.2. The number of esters is 1. The van der Waals surface area contributed by atoms with Crippen LogP contribution in [-0.4, -0.2) is 56.7 Å². The first-order chi connectivity index (χ1) is 13.2. The standard InChI is InChI=1S/C20H22N2O4S/c1-25-17-6-4-16(5-7-17)21-10-12-22(13-11-21)19(23)15-26-20(24)9-8-18-3-2-14-27-18/h2-9,14H,10-13,15H2,1H3/b9-8+. The topological polar surface area (TPSA) is 59.1 Å². The zero-order valence-electron chi connectivity index (χ0n) is 15.2. The fourth-order valence-corrected chi connectivity index (χ4v) is 3.43. The number of amides is 1. The van der Waals surface area contributed by atoms with E-state index in [9.17, 15) is 9.59 Å². The number of methoxy groups -OCH3 is 1. The van der Waals surface area contributed by atoms with Crippen molar-refractivity contribution in [3.8, 4) is 5.75 Å². The van der Waals surface area contributed by atoms with Gasteiger partial charge in [-0.05, 0) is 41.8 Å². The van der Waals surface area contributed by atoms with Crippen molar-refractivity contribution in [2.75, 3.05) is 44.8 Å². The van der Waals surface area contributed by atoms with Crippen molar-refractivity contribution in [2.24, 2.45) is 0 Å². The molecule has 1 aliphatic heterocycles. The molecule has 142 valence electrons. The minimum atomic E-state index is -0.506. The number of carbonyl (C=O) groups excluding carboxylic acids is 2. The SMILES string of the molecule is COc1ccc(N2CCN(C(=O)COC(=O)/C=C/c3cccs3)CC2)cc1. The molecule has 1 aliphatic rings. The number of anilines is 1. The summed E-state index contributed by atoms with van der Waals surface area (Å²) in [5.41, 5.74) is 1.10. The fourth-order valence-electron chi connectivity index (χ4n) is 2.82. The van der Waals surface area contributed by atoms with Crippen LogP contribution in [0.4, 0.5) is 5.69 Å². The summed E-state index contributed by atoms with van der Waals surface area (Å²) < 4.78 is 10.2. The Labute approximate surface area is 162 Å². The zero-order valence-corrected chi connectivity index (χ0v) is 16.0. The number of ether oxygens (including phenoxy) is 2. The molecule has 3 rings (SSSR count).